The number of nitrogens with zero attached hydrogens (tertiary/aromatic N) is 3. The van der Waals surface area contributed by atoms with Crippen molar-refractivity contribution < 1.29 is 25.2 Å². The lowest BCUT2D eigenvalue weighted by Gasteiger charge is -2.23. The molecule has 3 rings (SSSR count). The van der Waals surface area contributed by atoms with E-state index < -0.39 is 30.5 Å². The lowest BCUT2D eigenvalue weighted by atomic mass is 9.96. The van der Waals surface area contributed by atoms with Crippen LogP contribution in [0.15, 0.2) is 12.1 Å². The molecule has 3 heterocycles. The van der Waals surface area contributed by atoms with Crippen LogP contribution in [0.5, 0.6) is 5.88 Å². The van der Waals surface area contributed by atoms with Gasteiger partial charge in [0, 0.05) is 0 Å². The number of nitrogens with two attached hydrogens (primary N) is 1. The van der Waals surface area contributed by atoms with Gasteiger partial charge in [-0.25, -0.2) is 4.52 Å². The molecule has 1 unspecified atom stereocenters. The molecule has 0 aliphatic carbocycles. The molecule has 0 amide bonds. The number of aromatic hydroxyl groups is 1. The Morgan fingerprint density at radius 3 is 2.77 bits per heavy atom. The number of aliphatic hydroxyl groups is 3. The van der Waals surface area contributed by atoms with Crippen LogP contribution in [-0.4, -0.2) is 59.4 Å². The third-order valence-corrected chi connectivity index (χ3v) is 3.76. The van der Waals surface area contributed by atoms with Gasteiger partial charge in [0.25, 0.3) is 0 Å². The van der Waals surface area contributed by atoms with Gasteiger partial charge in [0.2, 0.25) is 11.8 Å². The minimum Gasteiger partial charge on any atom is -0.492 e. The average molecular weight is 306 g/mol. The van der Waals surface area contributed by atoms with Crippen molar-refractivity contribution in [2.75, 3.05) is 12.3 Å². The van der Waals surface area contributed by atoms with Crippen LogP contribution in [0.1, 0.15) is 11.8 Å². The molecule has 116 valence electrons. The van der Waals surface area contributed by atoms with Gasteiger partial charge in [-0.15, -0.1) is 11.5 Å². The van der Waals surface area contributed by atoms with Gasteiger partial charge in [0.1, 0.15) is 23.8 Å². The highest BCUT2D eigenvalue weighted by atomic mass is 16.6. The Morgan fingerprint density at radius 2 is 2.18 bits per heavy atom. The van der Waals surface area contributed by atoms with Crippen molar-refractivity contribution in [3.63, 3.8) is 0 Å². The van der Waals surface area contributed by atoms with Crippen molar-refractivity contribution in [3.8, 4) is 18.2 Å². The largest absolute Gasteiger partial charge is 0.492 e. The van der Waals surface area contributed by atoms with Crippen molar-refractivity contribution in [1.29, 1.82) is 0 Å². The first kappa shape index (κ1) is 14.6. The molecule has 1 aliphatic rings. The van der Waals surface area contributed by atoms with Gasteiger partial charge in [0.05, 0.1) is 12.3 Å². The lowest BCUT2D eigenvalue weighted by molar-refractivity contribution is -0.0732. The molecular formula is C13H14N4O5. The zero-order valence-electron chi connectivity index (χ0n) is 11.3. The molecule has 1 aliphatic heterocycles. The number of fused-ring (bicyclic) bond motifs is 1. The molecule has 4 atom stereocenters. The Labute approximate surface area is 124 Å². The van der Waals surface area contributed by atoms with Crippen molar-refractivity contribution in [2.24, 2.45) is 0 Å². The Hall–Kier alpha value is -2.38. The van der Waals surface area contributed by atoms with Gasteiger partial charge in [-0.3, -0.25) is 0 Å². The predicted molar refractivity (Wildman–Crippen MR) is 73.6 cm³/mol. The van der Waals surface area contributed by atoms with Gasteiger partial charge in [-0.05, 0) is 12.1 Å². The normalized spacial score (nSPS) is 31.5. The number of hydrogen-bond acceptors (Lipinski definition) is 8. The molecule has 9 nitrogen and oxygen atoms in total. The molecule has 2 aromatic heterocycles. The highest BCUT2D eigenvalue weighted by molar-refractivity contribution is 5.58. The van der Waals surface area contributed by atoms with E-state index in [1.807, 2.05) is 0 Å². The maximum atomic E-state index is 10.2. The van der Waals surface area contributed by atoms with Gasteiger partial charge < -0.3 is 30.9 Å². The van der Waals surface area contributed by atoms with Crippen LogP contribution in [0, 0.1) is 12.3 Å². The highest BCUT2D eigenvalue weighted by Crippen LogP contribution is 2.40. The van der Waals surface area contributed by atoms with E-state index in [1.165, 1.54) is 16.6 Å². The lowest BCUT2D eigenvalue weighted by Crippen LogP contribution is -2.44. The second-order valence-corrected chi connectivity index (χ2v) is 5.01. The van der Waals surface area contributed by atoms with Gasteiger partial charge >= 0.3 is 0 Å². The average Bonchev–Trinajstić information content (AvgIpc) is 3.01. The summed E-state index contributed by atoms with van der Waals surface area (Å²) >= 11 is 0. The number of ether oxygens (including phenoxy) is 1. The van der Waals surface area contributed by atoms with E-state index in [-0.39, 0.29) is 17.3 Å². The van der Waals surface area contributed by atoms with E-state index in [0.717, 1.165) is 0 Å². The number of hydrogen-bond donors (Lipinski definition) is 5. The minimum atomic E-state index is -1.71. The van der Waals surface area contributed by atoms with Crippen LogP contribution in [-0.2, 0) is 4.74 Å². The molecule has 9 heteroatoms. The van der Waals surface area contributed by atoms with E-state index in [4.69, 9.17) is 16.9 Å². The fourth-order valence-corrected chi connectivity index (χ4v) is 2.57. The van der Waals surface area contributed by atoms with E-state index in [1.54, 1.807) is 0 Å². The molecule has 6 N–H and O–H groups in total. The van der Waals surface area contributed by atoms with Crippen LogP contribution < -0.4 is 5.73 Å². The van der Waals surface area contributed by atoms with Crippen LogP contribution in [0.3, 0.4) is 0 Å². The molecule has 0 spiro atoms. The van der Waals surface area contributed by atoms with Crippen LogP contribution in [0.25, 0.3) is 5.52 Å². The Balaban J connectivity index is 2.11. The molecule has 0 saturated carbocycles. The molecule has 0 bridgehead atoms. The number of aliphatic hydroxyl groups excluding tert-OH is 3. The third kappa shape index (κ3) is 1.83. The predicted octanol–water partition coefficient (Wildman–Crippen LogP) is -1.83. The van der Waals surface area contributed by atoms with E-state index in [0.29, 0.717) is 5.69 Å². The summed E-state index contributed by atoms with van der Waals surface area (Å²) in [6.07, 6.45) is 1.38. The molecular weight excluding hydrogens is 292 g/mol. The second-order valence-electron chi connectivity index (χ2n) is 5.01. The molecule has 1 fully saturated rings. The first-order valence-electron chi connectivity index (χ1n) is 6.40. The monoisotopic (exact) mass is 306 g/mol. The zero-order chi connectivity index (χ0) is 16.1. The third-order valence-electron chi connectivity index (χ3n) is 3.76. The van der Waals surface area contributed by atoms with Crippen LogP contribution >= 0.6 is 0 Å². The summed E-state index contributed by atoms with van der Waals surface area (Å²) in [5.41, 5.74) is 4.33. The van der Waals surface area contributed by atoms with Gasteiger partial charge in [-0.2, -0.15) is 4.98 Å². The second kappa shape index (κ2) is 4.82. The number of rotatable bonds is 2. The van der Waals surface area contributed by atoms with Crippen molar-refractivity contribution in [3.05, 3.63) is 17.8 Å². The number of nitrogen functional groups attached to an aromatic ring is 1. The first-order valence-corrected chi connectivity index (χ1v) is 6.40. The Bertz CT molecular complexity index is 770. The SMILES string of the molecule is C#C[C@]1(CO)O[C@@H](c2ccc3c(O)nc(N)nn23)[C@@H](O)C1O. The number of terminal acetylenes is 1. The van der Waals surface area contributed by atoms with Crippen molar-refractivity contribution in [1.82, 2.24) is 14.6 Å². The van der Waals surface area contributed by atoms with Crippen molar-refractivity contribution >= 4 is 11.5 Å². The molecule has 1 saturated heterocycles. The maximum absolute atomic E-state index is 10.2. The topological polar surface area (TPSA) is 146 Å². The van der Waals surface area contributed by atoms with Crippen molar-refractivity contribution in [2.45, 2.75) is 23.9 Å². The van der Waals surface area contributed by atoms with E-state index in [2.05, 4.69) is 16.0 Å². The summed E-state index contributed by atoms with van der Waals surface area (Å²) in [6, 6.07) is 3.02. The maximum Gasteiger partial charge on any atom is 0.241 e. The number of aromatic nitrogens is 3. The summed E-state index contributed by atoms with van der Waals surface area (Å²) in [5.74, 6) is 1.66. The fraction of sp³-hybridized carbons (Fsp3) is 0.385. The summed E-state index contributed by atoms with van der Waals surface area (Å²) < 4.78 is 6.75. The Kier molecular flexibility index (Phi) is 3.19. The van der Waals surface area contributed by atoms with E-state index >= 15 is 0 Å². The summed E-state index contributed by atoms with van der Waals surface area (Å²) in [4.78, 5) is 3.61. The van der Waals surface area contributed by atoms with E-state index in [9.17, 15) is 20.4 Å². The molecule has 2 aromatic rings. The van der Waals surface area contributed by atoms with Crippen LogP contribution in [0.2, 0.25) is 0 Å². The quantitative estimate of drug-likeness (QED) is 0.407. The summed E-state index contributed by atoms with van der Waals surface area (Å²) in [6.45, 7) is -0.663. The first-order chi connectivity index (χ1) is 10.4. The molecule has 0 radical (unpaired) electrons. The Morgan fingerprint density at radius 1 is 1.45 bits per heavy atom. The van der Waals surface area contributed by atoms with Gasteiger partial charge in [0.15, 0.2) is 5.60 Å². The van der Waals surface area contributed by atoms with Gasteiger partial charge in [-0.1, -0.05) is 5.92 Å². The number of anilines is 1. The zero-order valence-corrected chi connectivity index (χ0v) is 11.3. The fourth-order valence-electron chi connectivity index (χ4n) is 2.57. The standard InChI is InChI=1S/C13H14N4O5/c1-2-13(5-18)10(20)8(19)9(22-13)6-3-4-7-11(21)15-12(14)16-17(6)7/h1,3-4,8-10,18-20H,5H2,(H3,14,15,16,21)/t8-,9+,10?,13-/m1/s1. The highest BCUT2D eigenvalue weighted by Gasteiger charge is 2.54. The molecule has 22 heavy (non-hydrogen) atoms. The molecule has 0 aromatic carbocycles. The van der Waals surface area contributed by atoms with Crippen LogP contribution in [0.4, 0.5) is 5.95 Å². The minimum absolute atomic E-state index is 0.180. The summed E-state index contributed by atoms with van der Waals surface area (Å²) in [7, 11) is 0. The summed E-state index contributed by atoms with van der Waals surface area (Å²) in [5, 5.41) is 43.3. The smallest absolute Gasteiger partial charge is 0.241 e.